The van der Waals surface area contributed by atoms with E-state index in [1.165, 1.54) is 0 Å². The normalized spacial score (nSPS) is 13.9. The lowest BCUT2D eigenvalue weighted by atomic mass is 10.0. The van der Waals surface area contributed by atoms with Crippen molar-refractivity contribution in [3.8, 4) is 0 Å². The zero-order valence-electron chi connectivity index (χ0n) is 9.94. The molecule has 1 amide bonds. The van der Waals surface area contributed by atoms with Gasteiger partial charge in [-0.3, -0.25) is 14.8 Å². The van der Waals surface area contributed by atoms with Crippen molar-refractivity contribution < 1.29 is 4.79 Å². The number of carbonyl (C=O) groups excluding carboxylic acids is 1. The summed E-state index contributed by atoms with van der Waals surface area (Å²) in [5.41, 5.74) is 3.06. The summed E-state index contributed by atoms with van der Waals surface area (Å²) in [6.07, 6.45) is 7.31. The summed E-state index contributed by atoms with van der Waals surface area (Å²) in [4.78, 5) is 19.3. The summed E-state index contributed by atoms with van der Waals surface area (Å²) in [7, 11) is 0. The predicted octanol–water partition coefficient (Wildman–Crippen LogP) is 1.51. The van der Waals surface area contributed by atoms with Crippen molar-refractivity contribution in [1.29, 1.82) is 0 Å². The van der Waals surface area contributed by atoms with Crippen LogP contribution in [0.1, 0.15) is 15.9 Å². The van der Waals surface area contributed by atoms with Crippen molar-refractivity contribution in [1.82, 2.24) is 10.3 Å². The molecule has 1 aliphatic rings. The Bertz CT molecular complexity index is 534. The molecule has 0 aromatic carbocycles. The first-order valence-electron chi connectivity index (χ1n) is 5.55. The van der Waals surface area contributed by atoms with Gasteiger partial charge in [0.15, 0.2) is 0 Å². The first-order chi connectivity index (χ1) is 8.72. The van der Waals surface area contributed by atoms with Gasteiger partial charge in [0, 0.05) is 24.6 Å². The van der Waals surface area contributed by atoms with Crippen LogP contribution >= 0.6 is 0 Å². The van der Waals surface area contributed by atoms with Crippen molar-refractivity contribution in [2.45, 2.75) is 6.42 Å². The molecule has 0 fully saturated rings. The lowest BCUT2D eigenvalue weighted by molar-refractivity contribution is 0.0945. The van der Waals surface area contributed by atoms with Crippen LogP contribution in [0.4, 0.5) is 5.69 Å². The fourth-order valence-electron chi connectivity index (χ4n) is 1.81. The monoisotopic (exact) mass is 242 g/mol. The molecule has 0 bridgehead atoms. The highest BCUT2D eigenvalue weighted by atomic mass is 16.1. The Labute approximate surface area is 105 Å². The van der Waals surface area contributed by atoms with E-state index in [2.05, 4.69) is 33.9 Å². The van der Waals surface area contributed by atoms with Crippen LogP contribution in [0.25, 0.3) is 0 Å². The number of rotatable bonds is 4. The minimum absolute atomic E-state index is 0.0821. The van der Waals surface area contributed by atoms with Gasteiger partial charge in [0.2, 0.25) is 0 Å². The molecule has 18 heavy (non-hydrogen) atoms. The molecule has 1 aromatic rings. The molecule has 92 valence electrons. The molecule has 0 aliphatic carbocycles. The number of anilines is 1. The van der Waals surface area contributed by atoms with E-state index in [4.69, 9.17) is 0 Å². The number of carbonyl (C=O) groups is 1. The van der Waals surface area contributed by atoms with Crippen molar-refractivity contribution in [2.24, 2.45) is 4.99 Å². The number of amides is 1. The van der Waals surface area contributed by atoms with Crippen molar-refractivity contribution in [3.05, 3.63) is 48.1 Å². The third-order valence-corrected chi connectivity index (χ3v) is 2.64. The molecule has 0 unspecified atom stereocenters. The minimum atomic E-state index is -0.0821. The number of aromatic nitrogens is 1. The summed E-state index contributed by atoms with van der Waals surface area (Å²) in [5, 5.41) is 5.90. The Balaban J connectivity index is 2.26. The molecule has 2 heterocycles. The molecular weight excluding hydrogens is 228 g/mol. The molecule has 5 nitrogen and oxygen atoms in total. The molecule has 1 aromatic heterocycles. The Kier molecular flexibility index (Phi) is 3.52. The number of pyridine rings is 1. The maximum Gasteiger partial charge on any atom is 0.253 e. The van der Waals surface area contributed by atoms with E-state index in [-0.39, 0.29) is 5.91 Å². The first kappa shape index (κ1) is 12.0. The van der Waals surface area contributed by atoms with Gasteiger partial charge in [-0.25, -0.2) is 0 Å². The number of aliphatic imine (C=N–C) groups is 1. The summed E-state index contributed by atoms with van der Waals surface area (Å²) in [6, 6.07) is 0. The van der Waals surface area contributed by atoms with E-state index in [1.54, 1.807) is 24.7 Å². The SMILES string of the molecule is C=N/C=C\C(=C)Nc1cncc2c1CCNC2=O. The van der Waals surface area contributed by atoms with Crippen molar-refractivity contribution in [2.75, 3.05) is 11.9 Å². The first-order valence-corrected chi connectivity index (χ1v) is 5.55. The lowest BCUT2D eigenvalue weighted by Gasteiger charge is -2.19. The number of hydrogen-bond donors (Lipinski definition) is 2. The van der Waals surface area contributed by atoms with Gasteiger partial charge in [-0.15, -0.1) is 0 Å². The van der Waals surface area contributed by atoms with Gasteiger partial charge in [0.25, 0.3) is 5.91 Å². The second-order valence-corrected chi connectivity index (χ2v) is 3.87. The molecule has 2 N–H and O–H groups in total. The van der Waals surface area contributed by atoms with E-state index in [0.717, 1.165) is 17.7 Å². The van der Waals surface area contributed by atoms with Gasteiger partial charge in [-0.2, -0.15) is 0 Å². The van der Waals surface area contributed by atoms with Crippen LogP contribution in [0.2, 0.25) is 0 Å². The van der Waals surface area contributed by atoms with Gasteiger partial charge in [0.1, 0.15) is 0 Å². The van der Waals surface area contributed by atoms with Crippen LogP contribution < -0.4 is 10.6 Å². The standard InChI is InChI=1S/C13H14N4O/c1-9(3-5-14-2)17-12-8-15-7-11-10(12)4-6-16-13(11)18/h3,5,7-8,17H,1-2,4,6H2,(H,16,18)/b5-3-. The predicted molar refractivity (Wildman–Crippen MR) is 71.7 cm³/mol. The average Bonchev–Trinajstić information content (AvgIpc) is 2.38. The van der Waals surface area contributed by atoms with Gasteiger partial charge in [-0.1, -0.05) is 6.58 Å². The van der Waals surface area contributed by atoms with E-state index in [1.807, 2.05) is 0 Å². The van der Waals surface area contributed by atoms with Gasteiger partial charge in [-0.05, 0) is 24.8 Å². The van der Waals surface area contributed by atoms with Gasteiger partial charge >= 0.3 is 0 Å². The second kappa shape index (κ2) is 5.27. The summed E-state index contributed by atoms with van der Waals surface area (Å²) < 4.78 is 0. The highest BCUT2D eigenvalue weighted by Crippen LogP contribution is 2.22. The van der Waals surface area contributed by atoms with Crippen LogP contribution in [0, 0.1) is 0 Å². The van der Waals surface area contributed by atoms with E-state index < -0.39 is 0 Å². The Morgan fingerprint density at radius 3 is 3.17 bits per heavy atom. The number of hydrogen-bond acceptors (Lipinski definition) is 4. The zero-order chi connectivity index (χ0) is 13.0. The fraction of sp³-hybridized carbons (Fsp3) is 0.154. The van der Waals surface area contributed by atoms with Crippen molar-refractivity contribution >= 4 is 18.3 Å². The highest BCUT2D eigenvalue weighted by molar-refractivity contribution is 5.97. The summed E-state index contributed by atoms with van der Waals surface area (Å²) >= 11 is 0. The minimum Gasteiger partial charge on any atom is -0.354 e. The molecule has 0 atom stereocenters. The zero-order valence-corrected chi connectivity index (χ0v) is 9.94. The van der Waals surface area contributed by atoms with E-state index in [9.17, 15) is 4.79 Å². The summed E-state index contributed by atoms with van der Waals surface area (Å²) in [6.45, 7) is 7.83. The molecule has 5 heteroatoms. The largest absolute Gasteiger partial charge is 0.354 e. The average molecular weight is 242 g/mol. The van der Waals surface area contributed by atoms with Crippen LogP contribution in [-0.2, 0) is 6.42 Å². The fourth-order valence-corrected chi connectivity index (χ4v) is 1.81. The highest BCUT2D eigenvalue weighted by Gasteiger charge is 2.19. The number of allylic oxidation sites excluding steroid dienone is 1. The Hall–Kier alpha value is -2.43. The van der Waals surface area contributed by atoms with Gasteiger partial charge in [0.05, 0.1) is 17.4 Å². The number of fused-ring (bicyclic) bond motifs is 1. The molecule has 0 saturated heterocycles. The van der Waals surface area contributed by atoms with Crippen LogP contribution in [0.3, 0.4) is 0 Å². The van der Waals surface area contributed by atoms with E-state index >= 15 is 0 Å². The molecular formula is C13H14N4O. The smallest absolute Gasteiger partial charge is 0.253 e. The third-order valence-electron chi connectivity index (χ3n) is 2.64. The maximum atomic E-state index is 11.7. The third kappa shape index (κ3) is 2.45. The quantitative estimate of drug-likeness (QED) is 0.621. The maximum absolute atomic E-state index is 11.7. The molecule has 1 aliphatic heterocycles. The number of nitrogens with zero attached hydrogens (tertiary/aromatic N) is 2. The van der Waals surface area contributed by atoms with Crippen molar-refractivity contribution in [3.63, 3.8) is 0 Å². The van der Waals surface area contributed by atoms with Crippen LogP contribution in [0.15, 0.2) is 41.9 Å². The Morgan fingerprint density at radius 2 is 2.39 bits per heavy atom. The van der Waals surface area contributed by atoms with Crippen LogP contribution in [-0.4, -0.2) is 24.2 Å². The molecule has 0 radical (unpaired) electrons. The van der Waals surface area contributed by atoms with E-state index in [0.29, 0.717) is 17.8 Å². The number of nitrogens with one attached hydrogen (secondary N) is 2. The topological polar surface area (TPSA) is 66.4 Å². The molecule has 0 saturated carbocycles. The molecule has 2 rings (SSSR count). The van der Waals surface area contributed by atoms with Gasteiger partial charge < -0.3 is 10.6 Å². The van der Waals surface area contributed by atoms with Crippen LogP contribution in [0.5, 0.6) is 0 Å². The summed E-state index contributed by atoms with van der Waals surface area (Å²) in [5.74, 6) is -0.0821. The Morgan fingerprint density at radius 1 is 1.56 bits per heavy atom. The lowest BCUT2D eigenvalue weighted by Crippen LogP contribution is -2.32. The molecule has 0 spiro atoms. The second-order valence-electron chi connectivity index (χ2n) is 3.87.